The largest absolute Gasteiger partial charge is 0.393 e. The molecule has 0 spiro atoms. The maximum Gasteiger partial charge on any atom is 0.0600 e. The molecule has 0 bridgehead atoms. The highest BCUT2D eigenvalue weighted by molar-refractivity contribution is 4.91. The predicted molar refractivity (Wildman–Crippen MR) is 42.8 cm³/mol. The Morgan fingerprint density at radius 2 is 2.20 bits per heavy atom. The van der Waals surface area contributed by atoms with Gasteiger partial charge in [0.05, 0.1) is 6.10 Å². The van der Waals surface area contributed by atoms with E-state index in [9.17, 15) is 5.11 Å². The zero-order chi connectivity index (χ0) is 7.40. The lowest BCUT2D eigenvalue weighted by molar-refractivity contribution is 0.123. The van der Waals surface area contributed by atoms with Gasteiger partial charge in [-0.3, -0.25) is 0 Å². The fourth-order valence-corrected chi connectivity index (χ4v) is 1.32. The van der Waals surface area contributed by atoms with Crippen molar-refractivity contribution < 1.29 is 5.11 Å². The Kier molecular flexibility index (Phi) is 2.94. The molecule has 0 fully saturated rings. The summed E-state index contributed by atoms with van der Waals surface area (Å²) in [5.74, 6) is 0.361. The van der Waals surface area contributed by atoms with Gasteiger partial charge in [0.15, 0.2) is 0 Å². The van der Waals surface area contributed by atoms with E-state index in [1.807, 2.05) is 0 Å². The number of hydrogen-bond donors (Lipinski definition) is 1. The van der Waals surface area contributed by atoms with Gasteiger partial charge in [0, 0.05) is 0 Å². The lowest BCUT2D eigenvalue weighted by Gasteiger charge is -2.16. The van der Waals surface area contributed by atoms with Crippen LogP contribution < -0.4 is 0 Å². The van der Waals surface area contributed by atoms with Crippen LogP contribution in [0.25, 0.3) is 0 Å². The van der Waals surface area contributed by atoms with E-state index in [1.54, 1.807) is 0 Å². The highest BCUT2D eigenvalue weighted by Crippen LogP contribution is 2.16. The first-order valence-corrected chi connectivity index (χ1v) is 4.15. The Bertz CT molecular complexity index is 118. The third kappa shape index (κ3) is 2.14. The topological polar surface area (TPSA) is 20.2 Å². The van der Waals surface area contributed by atoms with E-state index in [4.69, 9.17) is 0 Å². The van der Waals surface area contributed by atoms with Gasteiger partial charge in [-0.25, -0.2) is 0 Å². The van der Waals surface area contributed by atoms with E-state index >= 15 is 0 Å². The minimum absolute atomic E-state index is 0.100. The van der Waals surface area contributed by atoms with Gasteiger partial charge in [0.25, 0.3) is 0 Å². The molecule has 0 aliphatic heterocycles. The van der Waals surface area contributed by atoms with Crippen molar-refractivity contribution in [2.24, 2.45) is 5.92 Å². The maximum atomic E-state index is 9.43. The van der Waals surface area contributed by atoms with Gasteiger partial charge in [-0.05, 0) is 25.2 Å². The lowest BCUT2D eigenvalue weighted by atomic mass is 9.95. The van der Waals surface area contributed by atoms with Gasteiger partial charge < -0.3 is 5.11 Å². The molecule has 1 aliphatic carbocycles. The minimum Gasteiger partial charge on any atom is -0.393 e. The average molecular weight is 140 g/mol. The number of hydrogen-bond acceptors (Lipinski definition) is 1. The molecule has 2 atom stereocenters. The number of allylic oxidation sites excluding steroid dienone is 1. The van der Waals surface area contributed by atoms with Crippen molar-refractivity contribution in [3.63, 3.8) is 0 Å². The Morgan fingerprint density at radius 1 is 1.40 bits per heavy atom. The van der Waals surface area contributed by atoms with Crippen molar-refractivity contribution in [1.29, 1.82) is 0 Å². The first-order valence-electron chi connectivity index (χ1n) is 4.15. The first kappa shape index (κ1) is 7.80. The van der Waals surface area contributed by atoms with Crippen LogP contribution in [0.4, 0.5) is 0 Å². The van der Waals surface area contributed by atoms with Crippen LogP contribution >= 0.6 is 0 Å². The normalized spacial score (nSPS) is 38.2. The predicted octanol–water partition coefficient (Wildman–Crippen LogP) is 2.11. The molecule has 1 heteroatoms. The Labute approximate surface area is 62.8 Å². The zero-order valence-electron chi connectivity index (χ0n) is 6.59. The summed E-state index contributed by atoms with van der Waals surface area (Å²) >= 11 is 0. The molecule has 0 radical (unpaired) electrons. The summed E-state index contributed by atoms with van der Waals surface area (Å²) in [5, 5.41) is 9.43. The fourth-order valence-electron chi connectivity index (χ4n) is 1.32. The highest BCUT2D eigenvalue weighted by atomic mass is 16.3. The monoisotopic (exact) mass is 140 g/mol. The van der Waals surface area contributed by atoms with Crippen LogP contribution in [0.3, 0.4) is 0 Å². The van der Waals surface area contributed by atoms with Crippen molar-refractivity contribution in [3.8, 4) is 0 Å². The van der Waals surface area contributed by atoms with Gasteiger partial charge in [-0.1, -0.05) is 25.5 Å². The summed E-state index contributed by atoms with van der Waals surface area (Å²) in [6.45, 7) is 2.08. The van der Waals surface area contributed by atoms with E-state index in [0.29, 0.717) is 5.92 Å². The summed E-state index contributed by atoms with van der Waals surface area (Å²) in [6.07, 6.45) is 8.80. The van der Waals surface area contributed by atoms with Gasteiger partial charge in [0.2, 0.25) is 0 Å². The molecule has 1 N–H and O–H groups in total. The van der Waals surface area contributed by atoms with Crippen molar-refractivity contribution in [3.05, 3.63) is 12.2 Å². The standard InChI is InChI=1S/C9H16O/c1-8-6-4-2-3-5-7-9(8)10/h4,6,8-10H,2-3,5,7H2,1H3/b6-4+/t8-,9-/m0/s1. The van der Waals surface area contributed by atoms with E-state index in [1.165, 1.54) is 19.3 Å². The quantitative estimate of drug-likeness (QED) is 0.511. The smallest absolute Gasteiger partial charge is 0.0600 e. The van der Waals surface area contributed by atoms with Crippen LogP contribution in [-0.2, 0) is 0 Å². The van der Waals surface area contributed by atoms with Crippen LogP contribution in [0, 0.1) is 5.92 Å². The van der Waals surface area contributed by atoms with Crippen molar-refractivity contribution >= 4 is 0 Å². The minimum atomic E-state index is -0.100. The second-order valence-corrected chi connectivity index (χ2v) is 3.14. The number of aliphatic hydroxyl groups is 1. The molecule has 1 rings (SSSR count). The summed E-state index contributed by atoms with van der Waals surface area (Å²) in [5.41, 5.74) is 0. The number of aliphatic hydroxyl groups excluding tert-OH is 1. The Morgan fingerprint density at radius 3 is 3.00 bits per heavy atom. The van der Waals surface area contributed by atoms with Crippen LogP contribution in [-0.4, -0.2) is 11.2 Å². The van der Waals surface area contributed by atoms with E-state index < -0.39 is 0 Å². The van der Waals surface area contributed by atoms with Gasteiger partial charge in [-0.15, -0.1) is 0 Å². The van der Waals surface area contributed by atoms with Crippen LogP contribution in [0.5, 0.6) is 0 Å². The Balaban J connectivity index is 2.44. The van der Waals surface area contributed by atoms with Gasteiger partial charge in [0.1, 0.15) is 0 Å². The molecule has 0 saturated carbocycles. The molecule has 0 aromatic carbocycles. The van der Waals surface area contributed by atoms with Crippen LogP contribution in [0.1, 0.15) is 32.6 Å². The third-order valence-corrected chi connectivity index (χ3v) is 2.17. The zero-order valence-corrected chi connectivity index (χ0v) is 6.59. The molecule has 1 nitrogen and oxygen atoms in total. The first-order chi connectivity index (χ1) is 4.80. The molecule has 58 valence electrons. The summed E-state index contributed by atoms with van der Waals surface area (Å²) < 4.78 is 0. The molecule has 0 aromatic heterocycles. The maximum absolute atomic E-state index is 9.43. The summed E-state index contributed by atoms with van der Waals surface area (Å²) in [7, 11) is 0. The highest BCUT2D eigenvalue weighted by Gasteiger charge is 2.11. The molecule has 10 heavy (non-hydrogen) atoms. The molecule has 0 aromatic rings. The van der Waals surface area contributed by atoms with Crippen molar-refractivity contribution in [2.75, 3.05) is 0 Å². The SMILES string of the molecule is C[C@H]1/C=C/CCCC[C@@H]1O. The second-order valence-electron chi connectivity index (χ2n) is 3.14. The molecule has 0 unspecified atom stereocenters. The molecular formula is C9H16O. The lowest BCUT2D eigenvalue weighted by Crippen LogP contribution is -2.16. The van der Waals surface area contributed by atoms with Crippen LogP contribution in [0.15, 0.2) is 12.2 Å². The van der Waals surface area contributed by atoms with Crippen molar-refractivity contribution in [1.82, 2.24) is 0 Å². The van der Waals surface area contributed by atoms with Gasteiger partial charge in [-0.2, -0.15) is 0 Å². The van der Waals surface area contributed by atoms with E-state index in [0.717, 1.165) is 6.42 Å². The molecule has 0 heterocycles. The summed E-state index contributed by atoms with van der Waals surface area (Å²) in [6, 6.07) is 0. The summed E-state index contributed by atoms with van der Waals surface area (Å²) in [4.78, 5) is 0. The van der Waals surface area contributed by atoms with E-state index in [-0.39, 0.29) is 6.10 Å². The van der Waals surface area contributed by atoms with Crippen LogP contribution in [0.2, 0.25) is 0 Å². The fraction of sp³-hybridized carbons (Fsp3) is 0.778. The second kappa shape index (κ2) is 3.77. The molecule has 0 amide bonds. The van der Waals surface area contributed by atoms with Crippen molar-refractivity contribution in [2.45, 2.75) is 38.7 Å². The molecular weight excluding hydrogens is 124 g/mol. The third-order valence-electron chi connectivity index (χ3n) is 2.17. The average Bonchev–Trinajstić information content (AvgIpc) is 1.92. The van der Waals surface area contributed by atoms with E-state index in [2.05, 4.69) is 19.1 Å². The van der Waals surface area contributed by atoms with Gasteiger partial charge >= 0.3 is 0 Å². The number of rotatable bonds is 0. The molecule has 1 aliphatic rings. The molecule has 0 saturated heterocycles. The Hall–Kier alpha value is -0.300.